The first-order valence-corrected chi connectivity index (χ1v) is 10.3. The Kier molecular flexibility index (Phi) is 5.25. The molecule has 0 radical (unpaired) electrons. The van der Waals surface area contributed by atoms with Crippen LogP contribution in [0.1, 0.15) is 11.1 Å². The average Bonchev–Trinajstić information content (AvgIpc) is 3.08. The van der Waals surface area contributed by atoms with Crippen molar-refractivity contribution in [2.45, 2.75) is 13.0 Å². The Hall–Kier alpha value is -1.88. The number of nitrogens with zero attached hydrogens (tertiary/aromatic N) is 1. The van der Waals surface area contributed by atoms with E-state index in [1.165, 1.54) is 32.0 Å². The first kappa shape index (κ1) is 17.5. The molecule has 0 atom stereocenters. The third-order valence-electron chi connectivity index (χ3n) is 4.67. The smallest absolute Gasteiger partial charge is 0.133 e. The normalized spacial score (nSPS) is 11.1. The lowest BCUT2D eigenvalue weighted by Crippen LogP contribution is -2.27. The van der Waals surface area contributed by atoms with E-state index in [0.29, 0.717) is 4.32 Å². The summed E-state index contributed by atoms with van der Waals surface area (Å²) >= 11 is 11.7. The summed E-state index contributed by atoms with van der Waals surface area (Å²) in [6, 6.07) is 23.6. The molecule has 1 nitrogen and oxygen atoms in total. The molecule has 130 valence electrons. The summed E-state index contributed by atoms with van der Waals surface area (Å²) in [7, 11) is 0. The van der Waals surface area contributed by atoms with Crippen molar-refractivity contribution in [2.24, 2.45) is 0 Å². The van der Waals surface area contributed by atoms with Crippen LogP contribution in [0.25, 0.3) is 20.9 Å². The molecule has 0 saturated carbocycles. The lowest BCUT2D eigenvalue weighted by atomic mass is 10.1. The van der Waals surface area contributed by atoms with Crippen LogP contribution >= 0.6 is 36.2 Å². The van der Waals surface area contributed by atoms with Gasteiger partial charge in [-0.1, -0.05) is 66.8 Å². The molecule has 0 aliphatic rings. The first-order chi connectivity index (χ1) is 12.7. The highest BCUT2D eigenvalue weighted by Gasteiger charge is 2.10. The molecule has 0 spiro atoms. The van der Waals surface area contributed by atoms with Crippen molar-refractivity contribution in [1.29, 1.82) is 0 Å². The van der Waals surface area contributed by atoms with Crippen LogP contribution in [0.4, 0.5) is 0 Å². The zero-order valence-electron chi connectivity index (χ0n) is 14.3. The Morgan fingerprint density at radius 1 is 0.962 bits per heavy atom. The fourth-order valence-electron chi connectivity index (χ4n) is 3.28. The van der Waals surface area contributed by atoms with Crippen LogP contribution < -0.4 is 0 Å². The Labute approximate surface area is 168 Å². The third-order valence-corrected chi connectivity index (χ3v) is 6.22. The molecular weight excluding hydrogens is 374 g/mol. The van der Waals surface area contributed by atoms with Gasteiger partial charge in [-0.15, -0.1) is 24.0 Å². The second-order valence-electron chi connectivity index (χ2n) is 6.39. The maximum absolute atomic E-state index is 5.40. The number of rotatable bonds is 5. The number of hydrogen-bond donors (Lipinski definition) is 1. The van der Waals surface area contributed by atoms with Crippen molar-refractivity contribution in [3.8, 4) is 0 Å². The minimum Gasteiger partial charge on any atom is -0.353 e. The Balaban J connectivity index is 1.51. The number of thiocarbonyl (C=S) groups is 1. The minimum absolute atomic E-state index is 0.651. The van der Waals surface area contributed by atoms with E-state index >= 15 is 0 Å². The predicted octanol–water partition coefficient (Wildman–Crippen LogP) is 6.31. The van der Waals surface area contributed by atoms with Gasteiger partial charge in [0, 0.05) is 17.8 Å². The molecule has 3 aromatic carbocycles. The highest BCUT2D eigenvalue weighted by Crippen LogP contribution is 2.26. The van der Waals surface area contributed by atoms with Crippen LogP contribution in [0.2, 0.25) is 0 Å². The van der Waals surface area contributed by atoms with Gasteiger partial charge < -0.3 is 4.90 Å². The summed E-state index contributed by atoms with van der Waals surface area (Å²) in [6.45, 7) is 1.66. The molecule has 0 unspecified atom stereocenters. The summed E-state index contributed by atoms with van der Waals surface area (Å²) < 4.78 is 2.00. The number of thiol groups is 1. The average molecular weight is 394 g/mol. The molecule has 0 aliphatic carbocycles. The van der Waals surface area contributed by atoms with Crippen LogP contribution in [-0.4, -0.2) is 15.8 Å². The van der Waals surface area contributed by atoms with E-state index in [1.807, 2.05) is 11.3 Å². The Morgan fingerprint density at radius 3 is 2.58 bits per heavy atom. The number of thiophene rings is 1. The van der Waals surface area contributed by atoms with Crippen molar-refractivity contribution in [3.63, 3.8) is 0 Å². The van der Waals surface area contributed by atoms with Crippen LogP contribution in [0.5, 0.6) is 0 Å². The largest absolute Gasteiger partial charge is 0.353 e. The van der Waals surface area contributed by atoms with E-state index in [0.717, 1.165) is 19.5 Å². The molecule has 4 aromatic rings. The van der Waals surface area contributed by atoms with Gasteiger partial charge in [0.1, 0.15) is 4.32 Å². The van der Waals surface area contributed by atoms with Crippen molar-refractivity contribution < 1.29 is 0 Å². The quantitative estimate of drug-likeness (QED) is 0.312. The monoisotopic (exact) mass is 393 g/mol. The lowest BCUT2D eigenvalue weighted by molar-refractivity contribution is 0.432. The van der Waals surface area contributed by atoms with Gasteiger partial charge >= 0.3 is 0 Å². The van der Waals surface area contributed by atoms with Crippen molar-refractivity contribution in [3.05, 3.63) is 83.2 Å². The third kappa shape index (κ3) is 3.78. The van der Waals surface area contributed by atoms with Crippen LogP contribution in [0, 0.1) is 0 Å². The van der Waals surface area contributed by atoms with Gasteiger partial charge in [-0.05, 0) is 51.2 Å². The molecule has 0 fully saturated rings. The summed E-state index contributed by atoms with van der Waals surface area (Å²) in [5, 5.41) is 6.15. The van der Waals surface area contributed by atoms with Gasteiger partial charge in [0.15, 0.2) is 0 Å². The van der Waals surface area contributed by atoms with Crippen LogP contribution in [-0.2, 0) is 13.0 Å². The second kappa shape index (κ2) is 7.78. The zero-order chi connectivity index (χ0) is 17.9. The highest BCUT2D eigenvalue weighted by molar-refractivity contribution is 8.10. The molecule has 1 heterocycles. The minimum atomic E-state index is 0.651. The highest BCUT2D eigenvalue weighted by atomic mass is 32.1. The van der Waals surface area contributed by atoms with E-state index in [1.54, 1.807) is 0 Å². The van der Waals surface area contributed by atoms with E-state index < -0.39 is 0 Å². The molecule has 26 heavy (non-hydrogen) atoms. The molecule has 0 aliphatic heterocycles. The van der Waals surface area contributed by atoms with Gasteiger partial charge in [0.05, 0.1) is 0 Å². The Morgan fingerprint density at radius 2 is 1.73 bits per heavy atom. The summed E-state index contributed by atoms with van der Waals surface area (Å²) in [5.74, 6) is 0. The molecule has 0 saturated heterocycles. The molecule has 0 bridgehead atoms. The summed E-state index contributed by atoms with van der Waals surface area (Å²) in [5.41, 5.74) is 2.65. The number of hydrogen-bond acceptors (Lipinski definition) is 2. The summed E-state index contributed by atoms with van der Waals surface area (Å²) in [4.78, 5) is 2.18. The van der Waals surface area contributed by atoms with Gasteiger partial charge in [-0.2, -0.15) is 0 Å². The second-order valence-corrected chi connectivity index (χ2v) is 8.42. The van der Waals surface area contributed by atoms with E-state index in [9.17, 15) is 0 Å². The van der Waals surface area contributed by atoms with Crippen molar-refractivity contribution in [2.75, 3.05) is 6.54 Å². The first-order valence-electron chi connectivity index (χ1n) is 8.61. The number of benzene rings is 3. The van der Waals surface area contributed by atoms with Gasteiger partial charge in [0.2, 0.25) is 0 Å². The molecular formula is C22H19NS3. The molecule has 4 heteroatoms. The SMILES string of the molecule is S=C(S)N(CCc1csc2ccccc12)Cc1ccc2ccccc2c1. The molecule has 1 aromatic heterocycles. The number of fused-ring (bicyclic) bond motifs is 2. The maximum Gasteiger partial charge on any atom is 0.133 e. The summed E-state index contributed by atoms with van der Waals surface area (Å²) in [6.07, 6.45) is 0.971. The molecule has 0 amide bonds. The fourth-order valence-corrected chi connectivity index (χ4v) is 4.61. The predicted molar refractivity (Wildman–Crippen MR) is 121 cm³/mol. The molecule has 4 rings (SSSR count). The van der Waals surface area contributed by atoms with Crippen molar-refractivity contribution in [1.82, 2.24) is 4.90 Å². The topological polar surface area (TPSA) is 3.24 Å². The van der Waals surface area contributed by atoms with Crippen LogP contribution in [0.3, 0.4) is 0 Å². The fraction of sp³-hybridized carbons (Fsp3) is 0.136. The van der Waals surface area contributed by atoms with Gasteiger partial charge in [0.25, 0.3) is 0 Å². The Bertz CT molecular complexity index is 1070. The van der Waals surface area contributed by atoms with Crippen molar-refractivity contribution >= 4 is 61.4 Å². The van der Waals surface area contributed by atoms with E-state index in [-0.39, 0.29) is 0 Å². The standard InChI is InChI=1S/C22H19NS3/c24-22(25)23(12-11-19-15-26-21-8-4-3-7-20(19)21)14-16-9-10-17-5-1-2-6-18(17)13-16/h1-10,13,15H,11-12,14H2,(H,24,25). The zero-order valence-corrected chi connectivity index (χ0v) is 16.8. The van der Waals surface area contributed by atoms with Gasteiger partial charge in [-0.25, -0.2) is 0 Å². The van der Waals surface area contributed by atoms with E-state index in [4.69, 9.17) is 12.2 Å². The van der Waals surface area contributed by atoms with Crippen LogP contribution in [0.15, 0.2) is 72.1 Å². The van der Waals surface area contributed by atoms with E-state index in [2.05, 4.69) is 89.6 Å². The lowest BCUT2D eigenvalue weighted by Gasteiger charge is -2.23. The molecule has 0 N–H and O–H groups in total. The maximum atomic E-state index is 5.40. The van der Waals surface area contributed by atoms with Gasteiger partial charge in [-0.3, -0.25) is 0 Å².